The molecule has 90 valence electrons. The van der Waals surface area contributed by atoms with Crippen LogP contribution < -0.4 is 0 Å². The van der Waals surface area contributed by atoms with Crippen LogP contribution in [0.4, 0.5) is 4.39 Å². The topological polar surface area (TPSA) is 0 Å². The van der Waals surface area contributed by atoms with Crippen LogP contribution in [0.2, 0.25) is 0 Å². The maximum atomic E-state index is 13.1. The summed E-state index contributed by atoms with van der Waals surface area (Å²) in [7, 11) is 0. The molecule has 0 nitrogen and oxygen atoms in total. The Labute approximate surface area is 110 Å². The van der Waals surface area contributed by atoms with Gasteiger partial charge < -0.3 is 0 Å². The summed E-state index contributed by atoms with van der Waals surface area (Å²) in [6.07, 6.45) is 1.00. The van der Waals surface area contributed by atoms with Crippen LogP contribution in [0.3, 0.4) is 0 Å². The van der Waals surface area contributed by atoms with Crippen molar-refractivity contribution in [1.82, 2.24) is 0 Å². The minimum absolute atomic E-state index is 0.187. The zero-order valence-corrected chi connectivity index (χ0v) is 11.9. The van der Waals surface area contributed by atoms with Gasteiger partial charge in [0.15, 0.2) is 0 Å². The Balaban J connectivity index is 2.54. The molecule has 0 N–H and O–H groups in total. The number of hydrogen-bond acceptors (Lipinski definition) is 0. The molecule has 0 amide bonds. The molecule has 0 heterocycles. The normalized spacial score (nSPS) is 12.1. The van der Waals surface area contributed by atoms with E-state index < -0.39 is 0 Å². The van der Waals surface area contributed by atoms with Crippen LogP contribution in [-0.2, 0) is 6.42 Å². The lowest BCUT2D eigenvalue weighted by molar-refractivity contribution is 0.411. The van der Waals surface area contributed by atoms with Crippen LogP contribution >= 0.6 is 15.9 Å². The third-order valence-electron chi connectivity index (χ3n) is 2.72. The van der Waals surface area contributed by atoms with Crippen LogP contribution in [0.1, 0.15) is 26.3 Å². The standard InChI is InChI=1S/C15H16BrF/c1-15(2,3)9-11-5-4-10-8-12(17)6-7-13(10)14(11)16/h4-8H,9H2,1-3H3. The van der Waals surface area contributed by atoms with E-state index in [2.05, 4.69) is 42.8 Å². The fourth-order valence-electron chi connectivity index (χ4n) is 2.02. The van der Waals surface area contributed by atoms with Crippen molar-refractivity contribution in [2.24, 2.45) is 5.41 Å². The second-order valence-corrected chi connectivity index (χ2v) is 6.43. The molecule has 0 aromatic heterocycles. The average Bonchev–Trinajstić information content (AvgIpc) is 2.20. The fraction of sp³-hybridized carbons (Fsp3) is 0.333. The molecule has 0 bridgehead atoms. The predicted octanol–water partition coefficient (Wildman–Crippen LogP) is 5.33. The first kappa shape index (κ1) is 12.6. The Morgan fingerprint density at radius 1 is 1.12 bits per heavy atom. The molecule has 2 aromatic carbocycles. The summed E-state index contributed by atoms with van der Waals surface area (Å²) in [5.41, 5.74) is 1.52. The van der Waals surface area contributed by atoms with Gasteiger partial charge in [-0.25, -0.2) is 4.39 Å². The van der Waals surface area contributed by atoms with Crippen LogP contribution in [0, 0.1) is 11.2 Å². The number of benzene rings is 2. The Hall–Kier alpha value is -0.890. The van der Waals surface area contributed by atoms with Gasteiger partial charge in [0.2, 0.25) is 0 Å². The fourth-order valence-corrected chi connectivity index (χ4v) is 2.65. The van der Waals surface area contributed by atoms with Gasteiger partial charge in [0.25, 0.3) is 0 Å². The van der Waals surface area contributed by atoms with E-state index in [1.807, 2.05) is 12.1 Å². The molecule has 0 saturated heterocycles. The van der Waals surface area contributed by atoms with Crippen molar-refractivity contribution in [1.29, 1.82) is 0 Å². The van der Waals surface area contributed by atoms with E-state index in [0.29, 0.717) is 0 Å². The van der Waals surface area contributed by atoms with Crippen molar-refractivity contribution in [2.75, 3.05) is 0 Å². The van der Waals surface area contributed by atoms with Crippen LogP contribution in [0.25, 0.3) is 10.8 Å². The summed E-state index contributed by atoms with van der Waals surface area (Å²) in [5.74, 6) is -0.187. The predicted molar refractivity (Wildman–Crippen MR) is 74.8 cm³/mol. The first-order chi connectivity index (χ1) is 7.87. The quantitative estimate of drug-likeness (QED) is 0.667. The average molecular weight is 295 g/mol. The molecule has 0 radical (unpaired) electrons. The highest BCUT2D eigenvalue weighted by Gasteiger charge is 2.14. The largest absolute Gasteiger partial charge is 0.207 e. The molecule has 0 aliphatic heterocycles. The molecule has 0 saturated carbocycles. The molecule has 2 rings (SSSR count). The molecule has 0 aliphatic rings. The number of halogens is 2. The maximum absolute atomic E-state index is 13.1. The van der Waals surface area contributed by atoms with Gasteiger partial charge >= 0.3 is 0 Å². The molecule has 2 aromatic rings. The molecule has 0 aliphatic carbocycles. The van der Waals surface area contributed by atoms with Gasteiger partial charge in [-0.1, -0.05) is 39.0 Å². The van der Waals surface area contributed by atoms with E-state index in [1.54, 1.807) is 6.07 Å². The first-order valence-corrected chi connectivity index (χ1v) is 6.53. The summed E-state index contributed by atoms with van der Waals surface area (Å²) in [4.78, 5) is 0. The summed E-state index contributed by atoms with van der Waals surface area (Å²) < 4.78 is 14.2. The van der Waals surface area contributed by atoms with Crippen molar-refractivity contribution < 1.29 is 4.39 Å². The first-order valence-electron chi connectivity index (χ1n) is 5.73. The molecule has 2 heteroatoms. The number of rotatable bonds is 1. The molecule has 17 heavy (non-hydrogen) atoms. The third kappa shape index (κ3) is 2.86. The zero-order chi connectivity index (χ0) is 12.6. The van der Waals surface area contributed by atoms with E-state index in [4.69, 9.17) is 0 Å². The van der Waals surface area contributed by atoms with Gasteiger partial charge in [-0.15, -0.1) is 0 Å². The lowest BCUT2D eigenvalue weighted by Crippen LogP contribution is -2.09. The van der Waals surface area contributed by atoms with Gasteiger partial charge in [-0.2, -0.15) is 0 Å². The summed E-state index contributed by atoms with van der Waals surface area (Å²) in [6, 6.07) is 8.98. The van der Waals surface area contributed by atoms with Crippen molar-refractivity contribution in [3.63, 3.8) is 0 Å². The highest BCUT2D eigenvalue weighted by molar-refractivity contribution is 9.10. The van der Waals surface area contributed by atoms with Crippen molar-refractivity contribution in [3.8, 4) is 0 Å². The molecule has 0 fully saturated rings. The Kier molecular flexibility index (Phi) is 3.26. The highest BCUT2D eigenvalue weighted by atomic mass is 79.9. The molecular weight excluding hydrogens is 279 g/mol. The van der Waals surface area contributed by atoms with Gasteiger partial charge in [0.05, 0.1) is 0 Å². The lowest BCUT2D eigenvalue weighted by Gasteiger charge is -2.19. The molecular formula is C15H16BrF. The zero-order valence-electron chi connectivity index (χ0n) is 10.3. The van der Waals surface area contributed by atoms with Crippen LogP contribution in [0.15, 0.2) is 34.8 Å². The van der Waals surface area contributed by atoms with Gasteiger partial charge in [0, 0.05) is 4.47 Å². The molecule has 0 spiro atoms. The maximum Gasteiger partial charge on any atom is 0.123 e. The Bertz CT molecular complexity index is 553. The Morgan fingerprint density at radius 3 is 2.47 bits per heavy atom. The van der Waals surface area contributed by atoms with E-state index in [1.165, 1.54) is 11.6 Å². The molecule has 0 atom stereocenters. The second kappa shape index (κ2) is 4.41. The summed E-state index contributed by atoms with van der Waals surface area (Å²) >= 11 is 3.64. The minimum Gasteiger partial charge on any atom is -0.207 e. The SMILES string of the molecule is CC(C)(C)Cc1ccc2cc(F)ccc2c1Br. The summed E-state index contributed by atoms with van der Waals surface area (Å²) in [6.45, 7) is 6.65. The van der Waals surface area contributed by atoms with E-state index >= 15 is 0 Å². The van der Waals surface area contributed by atoms with Gasteiger partial charge in [0.1, 0.15) is 5.82 Å². The van der Waals surface area contributed by atoms with Crippen LogP contribution in [0.5, 0.6) is 0 Å². The minimum atomic E-state index is -0.187. The summed E-state index contributed by atoms with van der Waals surface area (Å²) in [5, 5.41) is 2.02. The van der Waals surface area contributed by atoms with E-state index in [0.717, 1.165) is 21.7 Å². The smallest absolute Gasteiger partial charge is 0.123 e. The second-order valence-electron chi connectivity index (χ2n) is 5.64. The molecule has 0 unspecified atom stereocenters. The van der Waals surface area contributed by atoms with Gasteiger partial charge in [-0.05, 0) is 56.2 Å². The monoisotopic (exact) mass is 294 g/mol. The number of hydrogen-bond donors (Lipinski definition) is 0. The van der Waals surface area contributed by atoms with Crippen LogP contribution in [-0.4, -0.2) is 0 Å². The third-order valence-corrected chi connectivity index (χ3v) is 3.65. The van der Waals surface area contributed by atoms with E-state index in [-0.39, 0.29) is 11.2 Å². The van der Waals surface area contributed by atoms with E-state index in [9.17, 15) is 4.39 Å². The Morgan fingerprint density at radius 2 is 1.82 bits per heavy atom. The van der Waals surface area contributed by atoms with Crippen molar-refractivity contribution in [3.05, 3.63) is 46.2 Å². The van der Waals surface area contributed by atoms with Gasteiger partial charge in [-0.3, -0.25) is 0 Å². The lowest BCUT2D eigenvalue weighted by atomic mass is 9.87. The highest BCUT2D eigenvalue weighted by Crippen LogP contribution is 2.32. The number of fused-ring (bicyclic) bond motifs is 1. The van der Waals surface area contributed by atoms with Crippen molar-refractivity contribution in [2.45, 2.75) is 27.2 Å². The van der Waals surface area contributed by atoms with Crippen molar-refractivity contribution >= 4 is 26.7 Å².